The van der Waals surface area contributed by atoms with Crippen LogP contribution in [0.1, 0.15) is 21.5 Å². The van der Waals surface area contributed by atoms with Crippen molar-refractivity contribution >= 4 is 44.2 Å². The van der Waals surface area contributed by atoms with Gasteiger partial charge >= 0.3 is 0 Å². The van der Waals surface area contributed by atoms with Crippen LogP contribution in [0.5, 0.6) is 0 Å². The van der Waals surface area contributed by atoms with Crippen molar-refractivity contribution < 1.29 is 13.2 Å². The molecule has 0 amide bonds. The number of fused-ring (bicyclic) bond motifs is 1. The molecule has 0 unspecified atom stereocenters. The van der Waals surface area contributed by atoms with Crippen LogP contribution >= 0.6 is 11.8 Å². The van der Waals surface area contributed by atoms with Crippen LogP contribution in [0.25, 0.3) is 16.6 Å². The molecule has 9 heteroatoms. The Balaban J connectivity index is 1.69. The Morgan fingerprint density at radius 3 is 2.26 bits per heavy atom. The number of anilines is 1. The van der Waals surface area contributed by atoms with Crippen LogP contribution in [0.2, 0.25) is 0 Å². The van der Waals surface area contributed by atoms with Crippen molar-refractivity contribution in [1.82, 2.24) is 9.55 Å². The number of Topliss-reactive ketones (excluding diaryl/α,β-unsaturated/α-hetero) is 1. The topological polar surface area (TPSA) is 98.1 Å². The van der Waals surface area contributed by atoms with Crippen molar-refractivity contribution in [2.45, 2.75) is 19.0 Å². The fourth-order valence-corrected chi connectivity index (χ4v) is 5.17. The highest BCUT2D eigenvalue weighted by Crippen LogP contribution is 2.26. The molecule has 0 spiro atoms. The molecule has 1 N–H and O–H groups in total. The summed E-state index contributed by atoms with van der Waals surface area (Å²) in [7, 11) is -3.40. The van der Waals surface area contributed by atoms with E-state index in [0.29, 0.717) is 27.3 Å². The van der Waals surface area contributed by atoms with Gasteiger partial charge in [-0.15, -0.1) is 0 Å². The Morgan fingerprint density at radius 1 is 0.971 bits per heavy atom. The van der Waals surface area contributed by atoms with Gasteiger partial charge in [0.25, 0.3) is 5.56 Å². The summed E-state index contributed by atoms with van der Waals surface area (Å²) in [5.41, 5.74) is 3.83. The lowest BCUT2D eigenvalue weighted by molar-refractivity contribution is 0.102. The number of nitrogens with zero attached hydrogens (tertiary/aromatic N) is 2. The maximum Gasteiger partial charge on any atom is 0.266 e. The standard InChI is InChI=1S/C25H23N3O4S2/c1-16-7-6-8-17(2)23(16)28-24(30)20-9-4-5-10-21(20)26-25(28)33-15-22(29)18-11-13-19(14-12-18)27-34(3,31)32/h4-14,27H,15H2,1-3H3. The van der Waals surface area contributed by atoms with E-state index in [1.807, 2.05) is 38.1 Å². The zero-order valence-electron chi connectivity index (χ0n) is 18.9. The third-order valence-electron chi connectivity index (χ3n) is 5.25. The largest absolute Gasteiger partial charge is 0.293 e. The molecule has 0 aliphatic heterocycles. The smallest absolute Gasteiger partial charge is 0.266 e. The number of aromatic nitrogens is 2. The zero-order valence-corrected chi connectivity index (χ0v) is 20.5. The quantitative estimate of drug-likeness (QED) is 0.234. The first-order chi connectivity index (χ1) is 16.1. The molecule has 0 bridgehead atoms. The molecule has 0 atom stereocenters. The minimum Gasteiger partial charge on any atom is -0.293 e. The third kappa shape index (κ3) is 5.05. The average molecular weight is 494 g/mol. The molecule has 0 saturated heterocycles. The van der Waals surface area contributed by atoms with Crippen molar-refractivity contribution in [2.75, 3.05) is 16.7 Å². The number of thioether (sulfide) groups is 1. The monoisotopic (exact) mass is 493 g/mol. The molecular weight excluding hydrogens is 470 g/mol. The van der Waals surface area contributed by atoms with E-state index in [4.69, 9.17) is 4.98 Å². The highest BCUT2D eigenvalue weighted by Gasteiger charge is 2.18. The van der Waals surface area contributed by atoms with Gasteiger partial charge in [-0.1, -0.05) is 42.1 Å². The Kier molecular flexibility index (Phi) is 6.58. The summed E-state index contributed by atoms with van der Waals surface area (Å²) in [4.78, 5) is 31.1. The number of aryl methyl sites for hydroxylation is 2. The fourth-order valence-electron chi connectivity index (χ4n) is 3.72. The number of para-hydroxylation sites is 2. The molecule has 34 heavy (non-hydrogen) atoms. The van der Waals surface area contributed by atoms with Gasteiger partial charge in [-0.05, 0) is 61.4 Å². The SMILES string of the molecule is Cc1cccc(C)c1-n1c(SCC(=O)c2ccc(NS(C)(=O)=O)cc2)nc2ccccc2c1=O. The molecule has 4 aromatic rings. The molecule has 1 aromatic heterocycles. The van der Waals surface area contributed by atoms with E-state index in [9.17, 15) is 18.0 Å². The Morgan fingerprint density at radius 2 is 1.62 bits per heavy atom. The number of sulfonamides is 1. The van der Waals surface area contributed by atoms with Crippen molar-refractivity contribution in [3.8, 4) is 5.69 Å². The lowest BCUT2D eigenvalue weighted by Crippen LogP contribution is -2.23. The number of hydrogen-bond acceptors (Lipinski definition) is 6. The summed E-state index contributed by atoms with van der Waals surface area (Å²) in [6, 6.07) is 19.2. The first-order valence-corrected chi connectivity index (χ1v) is 13.3. The first kappa shape index (κ1) is 23.7. The van der Waals surface area contributed by atoms with Gasteiger partial charge in [-0.3, -0.25) is 18.9 Å². The van der Waals surface area contributed by atoms with Crippen LogP contribution in [-0.2, 0) is 10.0 Å². The molecule has 0 fully saturated rings. The second-order valence-electron chi connectivity index (χ2n) is 7.96. The summed E-state index contributed by atoms with van der Waals surface area (Å²) >= 11 is 1.20. The van der Waals surface area contributed by atoms with Gasteiger partial charge in [0, 0.05) is 11.3 Å². The van der Waals surface area contributed by atoms with Crippen molar-refractivity contribution in [1.29, 1.82) is 0 Å². The highest BCUT2D eigenvalue weighted by molar-refractivity contribution is 7.99. The van der Waals surface area contributed by atoms with Gasteiger partial charge in [-0.2, -0.15) is 0 Å². The summed E-state index contributed by atoms with van der Waals surface area (Å²) in [5.74, 6) is -0.0967. The maximum atomic E-state index is 13.5. The number of benzene rings is 3. The average Bonchev–Trinajstić information content (AvgIpc) is 2.78. The number of rotatable bonds is 7. The van der Waals surface area contributed by atoms with Crippen molar-refractivity contribution in [3.63, 3.8) is 0 Å². The third-order valence-corrected chi connectivity index (χ3v) is 6.80. The Bertz CT molecular complexity index is 1540. The summed E-state index contributed by atoms with van der Waals surface area (Å²) in [5, 5.41) is 0.944. The number of ketones is 1. The zero-order chi connectivity index (χ0) is 24.5. The van der Waals surface area contributed by atoms with E-state index in [2.05, 4.69) is 4.72 Å². The molecule has 0 saturated carbocycles. The van der Waals surface area contributed by atoms with Crippen molar-refractivity contribution in [3.05, 3.63) is 93.8 Å². The minimum absolute atomic E-state index is 0.0640. The van der Waals surface area contributed by atoms with E-state index >= 15 is 0 Å². The second-order valence-corrected chi connectivity index (χ2v) is 10.6. The summed E-state index contributed by atoms with van der Waals surface area (Å²) in [6.45, 7) is 3.88. The molecule has 7 nitrogen and oxygen atoms in total. The second kappa shape index (κ2) is 9.44. The van der Waals surface area contributed by atoms with Crippen LogP contribution in [0.3, 0.4) is 0 Å². The normalized spacial score (nSPS) is 11.5. The Hall–Kier alpha value is -3.43. The fraction of sp³-hybridized carbons (Fsp3) is 0.160. The van der Waals surface area contributed by atoms with E-state index in [0.717, 1.165) is 23.1 Å². The molecule has 0 radical (unpaired) electrons. The van der Waals surface area contributed by atoms with E-state index in [1.165, 1.54) is 11.8 Å². The van der Waals surface area contributed by atoms with Gasteiger partial charge in [-0.25, -0.2) is 13.4 Å². The van der Waals surface area contributed by atoms with Gasteiger partial charge < -0.3 is 0 Å². The maximum absolute atomic E-state index is 13.5. The van der Waals surface area contributed by atoms with Gasteiger partial charge in [0.1, 0.15) is 0 Å². The molecule has 174 valence electrons. The van der Waals surface area contributed by atoms with Crippen LogP contribution in [0, 0.1) is 13.8 Å². The minimum atomic E-state index is -3.40. The predicted octanol–water partition coefficient (Wildman–Crippen LogP) is 4.35. The van der Waals surface area contributed by atoms with Crippen LogP contribution < -0.4 is 10.3 Å². The van der Waals surface area contributed by atoms with Gasteiger partial charge in [0.05, 0.1) is 28.6 Å². The first-order valence-electron chi connectivity index (χ1n) is 10.5. The lowest BCUT2D eigenvalue weighted by Gasteiger charge is -2.17. The summed E-state index contributed by atoms with van der Waals surface area (Å²) < 4.78 is 26.7. The Labute approximate surface area is 201 Å². The van der Waals surface area contributed by atoms with Crippen LogP contribution in [0.4, 0.5) is 5.69 Å². The number of carbonyl (C=O) groups is 1. The number of nitrogens with one attached hydrogen (secondary N) is 1. The lowest BCUT2D eigenvalue weighted by atomic mass is 10.1. The molecule has 0 aliphatic carbocycles. The van der Waals surface area contributed by atoms with Gasteiger partial charge in [0.2, 0.25) is 10.0 Å². The predicted molar refractivity (Wildman–Crippen MR) is 137 cm³/mol. The van der Waals surface area contributed by atoms with E-state index < -0.39 is 10.0 Å². The van der Waals surface area contributed by atoms with Crippen molar-refractivity contribution in [2.24, 2.45) is 0 Å². The van der Waals surface area contributed by atoms with Crippen LogP contribution in [0.15, 0.2) is 76.7 Å². The van der Waals surface area contributed by atoms with E-state index in [-0.39, 0.29) is 17.1 Å². The van der Waals surface area contributed by atoms with Gasteiger partial charge in [0.15, 0.2) is 10.9 Å². The highest BCUT2D eigenvalue weighted by atomic mass is 32.2. The molecule has 0 aliphatic rings. The number of carbonyl (C=O) groups excluding carboxylic acids is 1. The van der Waals surface area contributed by atoms with Crippen LogP contribution in [-0.4, -0.2) is 35.8 Å². The summed E-state index contributed by atoms with van der Waals surface area (Å²) in [6.07, 6.45) is 1.06. The number of hydrogen-bond donors (Lipinski definition) is 1. The molecule has 4 rings (SSSR count). The molecule has 1 heterocycles. The molecule has 3 aromatic carbocycles. The molecular formula is C25H23N3O4S2. The van der Waals surface area contributed by atoms with E-state index in [1.54, 1.807) is 47.0 Å².